The number of ether oxygens (including phenoxy) is 1. The minimum Gasteiger partial charge on any atom is -0.496 e. The second-order valence-electron chi connectivity index (χ2n) is 5.27. The highest BCUT2D eigenvalue weighted by Gasteiger charge is 2.49. The van der Waals surface area contributed by atoms with Gasteiger partial charge in [-0.2, -0.15) is 0 Å². The maximum Gasteiger partial charge on any atom is 0.229 e. The van der Waals surface area contributed by atoms with E-state index in [2.05, 4.69) is 0 Å². The number of nitrogens with zero attached hydrogens (tertiary/aromatic N) is 1. The van der Waals surface area contributed by atoms with Gasteiger partial charge in [0.05, 0.1) is 12.5 Å². The summed E-state index contributed by atoms with van der Waals surface area (Å²) < 4.78 is 5.32. The Morgan fingerprint density at radius 1 is 1.42 bits per heavy atom. The minimum absolute atomic E-state index is 0.185. The first kappa shape index (κ1) is 13.9. The number of carbonyl (C=O) groups is 1. The first-order valence-corrected chi connectivity index (χ1v) is 6.70. The fourth-order valence-electron chi connectivity index (χ4n) is 2.36. The van der Waals surface area contributed by atoms with E-state index in [4.69, 9.17) is 10.5 Å². The molecule has 0 heterocycles. The van der Waals surface area contributed by atoms with Gasteiger partial charge in [0.2, 0.25) is 5.91 Å². The number of benzene rings is 1. The standard InChI is InChI=1S/C15H22N2O2/c1-17(14(18)15(11-16)8-9-15)10-7-12-5-3-4-6-13(12)19-2/h3-6H,7-11,16H2,1-2H3. The molecule has 1 saturated carbocycles. The molecule has 0 bridgehead atoms. The molecule has 1 aliphatic carbocycles. The van der Waals surface area contributed by atoms with E-state index in [1.807, 2.05) is 31.3 Å². The molecule has 0 radical (unpaired) electrons. The molecule has 1 aromatic rings. The van der Waals surface area contributed by atoms with Crippen molar-refractivity contribution >= 4 is 5.91 Å². The van der Waals surface area contributed by atoms with Gasteiger partial charge >= 0.3 is 0 Å². The highest BCUT2D eigenvalue weighted by atomic mass is 16.5. The zero-order chi connectivity index (χ0) is 13.9. The van der Waals surface area contributed by atoms with Crippen molar-refractivity contribution in [1.29, 1.82) is 0 Å². The van der Waals surface area contributed by atoms with Gasteiger partial charge < -0.3 is 15.4 Å². The summed E-state index contributed by atoms with van der Waals surface area (Å²) in [5.74, 6) is 1.06. The zero-order valence-electron chi connectivity index (χ0n) is 11.7. The average molecular weight is 262 g/mol. The second-order valence-corrected chi connectivity index (χ2v) is 5.27. The SMILES string of the molecule is COc1ccccc1CCN(C)C(=O)C1(CN)CC1. The molecule has 1 aromatic carbocycles. The lowest BCUT2D eigenvalue weighted by Crippen LogP contribution is -2.39. The van der Waals surface area contributed by atoms with E-state index < -0.39 is 0 Å². The van der Waals surface area contributed by atoms with Crippen molar-refractivity contribution in [3.8, 4) is 5.75 Å². The number of hydrogen-bond donors (Lipinski definition) is 1. The molecule has 2 N–H and O–H groups in total. The van der Waals surface area contributed by atoms with E-state index in [0.29, 0.717) is 13.1 Å². The molecule has 1 fully saturated rings. The van der Waals surface area contributed by atoms with Crippen LogP contribution < -0.4 is 10.5 Å². The van der Waals surface area contributed by atoms with Crippen molar-refractivity contribution in [3.63, 3.8) is 0 Å². The predicted molar refractivity (Wildman–Crippen MR) is 75.1 cm³/mol. The smallest absolute Gasteiger partial charge is 0.229 e. The third-order valence-corrected chi connectivity index (χ3v) is 3.95. The molecule has 19 heavy (non-hydrogen) atoms. The number of hydrogen-bond acceptors (Lipinski definition) is 3. The van der Waals surface area contributed by atoms with Gasteiger partial charge in [0.15, 0.2) is 0 Å². The van der Waals surface area contributed by atoms with Gasteiger partial charge in [-0.3, -0.25) is 4.79 Å². The Hall–Kier alpha value is -1.55. The predicted octanol–water partition coefficient (Wildman–Crippen LogP) is 1.43. The van der Waals surface area contributed by atoms with Crippen LogP contribution in [0.25, 0.3) is 0 Å². The van der Waals surface area contributed by atoms with Crippen LogP contribution in [-0.2, 0) is 11.2 Å². The third-order valence-electron chi connectivity index (χ3n) is 3.95. The Morgan fingerprint density at radius 2 is 2.11 bits per heavy atom. The van der Waals surface area contributed by atoms with E-state index in [1.165, 1.54) is 0 Å². The summed E-state index contributed by atoms with van der Waals surface area (Å²) in [6.07, 6.45) is 2.66. The molecular weight excluding hydrogens is 240 g/mol. The Labute approximate surface area is 114 Å². The van der Waals surface area contributed by atoms with Gasteiger partial charge in [-0.25, -0.2) is 0 Å². The molecular formula is C15H22N2O2. The van der Waals surface area contributed by atoms with E-state index in [-0.39, 0.29) is 11.3 Å². The lowest BCUT2D eigenvalue weighted by atomic mass is 10.1. The van der Waals surface area contributed by atoms with Crippen LogP contribution in [-0.4, -0.2) is 38.1 Å². The molecule has 1 amide bonds. The Kier molecular flexibility index (Phi) is 4.10. The molecule has 4 nitrogen and oxygen atoms in total. The van der Waals surface area contributed by atoms with E-state index in [0.717, 1.165) is 30.6 Å². The summed E-state index contributed by atoms with van der Waals surface area (Å²) in [6.45, 7) is 1.16. The minimum atomic E-state index is -0.254. The van der Waals surface area contributed by atoms with Crippen molar-refractivity contribution in [1.82, 2.24) is 4.90 Å². The van der Waals surface area contributed by atoms with Crippen molar-refractivity contribution in [2.45, 2.75) is 19.3 Å². The fourth-order valence-corrected chi connectivity index (χ4v) is 2.36. The molecule has 104 valence electrons. The Bertz CT molecular complexity index is 455. The van der Waals surface area contributed by atoms with E-state index in [1.54, 1.807) is 12.0 Å². The normalized spacial score (nSPS) is 15.9. The van der Waals surface area contributed by atoms with Crippen LogP contribution in [0.2, 0.25) is 0 Å². The summed E-state index contributed by atoms with van der Waals surface area (Å²) in [6, 6.07) is 7.92. The molecule has 0 aromatic heterocycles. The number of rotatable bonds is 6. The number of nitrogens with two attached hydrogens (primary N) is 1. The van der Waals surface area contributed by atoms with Crippen LogP contribution in [0, 0.1) is 5.41 Å². The highest BCUT2D eigenvalue weighted by Crippen LogP contribution is 2.45. The summed E-state index contributed by atoms with van der Waals surface area (Å²) in [5.41, 5.74) is 6.57. The molecule has 0 spiro atoms. The van der Waals surface area contributed by atoms with E-state index >= 15 is 0 Å². The van der Waals surface area contributed by atoms with Crippen molar-refractivity contribution in [2.24, 2.45) is 11.1 Å². The molecule has 0 atom stereocenters. The Balaban J connectivity index is 1.93. The van der Waals surface area contributed by atoms with Crippen LogP contribution in [0.5, 0.6) is 5.75 Å². The van der Waals surface area contributed by atoms with Gasteiger partial charge in [-0.1, -0.05) is 18.2 Å². The average Bonchev–Trinajstić information content (AvgIpc) is 3.25. The van der Waals surface area contributed by atoms with Crippen molar-refractivity contribution in [2.75, 3.05) is 27.2 Å². The van der Waals surface area contributed by atoms with Crippen LogP contribution in [0.1, 0.15) is 18.4 Å². The van der Waals surface area contributed by atoms with Crippen molar-refractivity contribution in [3.05, 3.63) is 29.8 Å². The molecule has 0 saturated heterocycles. The first-order valence-electron chi connectivity index (χ1n) is 6.70. The maximum atomic E-state index is 12.2. The van der Waals surface area contributed by atoms with Crippen LogP contribution in [0.3, 0.4) is 0 Å². The first-order chi connectivity index (χ1) is 9.13. The number of para-hydroxylation sites is 1. The van der Waals surface area contributed by atoms with Crippen LogP contribution in [0.4, 0.5) is 0 Å². The Morgan fingerprint density at radius 3 is 2.68 bits per heavy atom. The number of likely N-dealkylation sites (N-methyl/N-ethyl adjacent to an activating group) is 1. The largest absolute Gasteiger partial charge is 0.496 e. The second kappa shape index (κ2) is 5.61. The monoisotopic (exact) mass is 262 g/mol. The van der Waals surface area contributed by atoms with E-state index in [9.17, 15) is 4.79 Å². The lowest BCUT2D eigenvalue weighted by molar-refractivity contribution is -0.135. The van der Waals surface area contributed by atoms with Gasteiger partial charge in [-0.05, 0) is 30.9 Å². The van der Waals surface area contributed by atoms with Gasteiger partial charge in [-0.15, -0.1) is 0 Å². The van der Waals surface area contributed by atoms with Crippen LogP contribution in [0.15, 0.2) is 24.3 Å². The molecule has 0 unspecified atom stereocenters. The topological polar surface area (TPSA) is 55.6 Å². The molecule has 4 heteroatoms. The number of methoxy groups -OCH3 is 1. The molecule has 2 rings (SSSR count). The van der Waals surface area contributed by atoms with Crippen molar-refractivity contribution < 1.29 is 9.53 Å². The lowest BCUT2D eigenvalue weighted by Gasteiger charge is -2.22. The van der Waals surface area contributed by atoms with Gasteiger partial charge in [0.1, 0.15) is 5.75 Å². The van der Waals surface area contributed by atoms with Gasteiger partial charge in [0, 0.05) is 20.1 Å². The third kappa shape index (κ3) is 2.89. The fraction of sp³-hybridized carbons (Fsp3) is 0.533. The number of amides is 1. The summed E-state index contributed by atoms with van der Waals surface area (Å²) in [4.78, 5) is 14.0. The molecule has 1 aliphatic rings. The molecule has 0 aliphatic heterocycles. The van der Waals surface area contributed by atoms with Gasteiger partial charge in [0.25, 0.3) is 0 Å². The highest BCUT2D eigenvalue weighted by molar-refractivity contribution is 5.85. The van der Waals surface area contributed by atoms with Crippen LogP contribution >= 0.6 is 0 Å². The zero-order valence-corrected chi connectivity index (χ0v) is 11.7. The summed E-state index contributed by atoms with van der Waals surface area (Å²) >= 11 is 0. The quantitative estimate of drug-likeness (QED) is 0.844. The number of carbonyl (C=O) groups excluding carboxylic acids is 1. The maximum absolute atomic E-state index is 12.2. The summed E-state index contributed by atoms with van der Waals surface area (Å²) in [5, 5.41) is 0. The summed E-state index contributed by atoms with van der Waals surface area (Å²) in [7, 11) is 3.52.